The van der Waals surface area contributed by atoms with Gasteiger partial charge >= 0.3 is 25.8 Å². The summed E-state index contributed by atoms with van der Waals surface area (Å²) in [4.78, 5) is 5.45. The van der Waals surface area contributed by atoms with E-state index in [2.05, 4.69) is 167 Å². The molecule has 1 unspecified atom stereocenters. The van der Waals surface area contributed by atoms with E-state index in [1.165, 1.54) is 33.4 Å². The van der Waals surface area contributed by atoms with Crippen LogP contribution < -0.4 is 0 Å². The van der Waals surface area contributed by atoms with E-state index in [4.69, 9.17) is 10.3 Å². The largest absolute Gasteiger partial charge is 4.00 e. The Labute approximate surface area is 329 Å². The number of para-hydroxylation sites is 1. The van der Waals surface area contributed by atoms with Crippen molar-refractivity contribution in [2.24, 2.45) is 7.05 Å². The molecule has 1 atom stereocenters. The average Bonchev–Trinajstić information content (AvgIpc) is 3.42. The molecule has 0 amide bonds. The third-order valence-corrected chi connectivity index (χ3v) is 8.08. The molecule has 1 heterocycles. The van der Waals surface area contributed by atoms with E-state index in [0.717, 1.165) is 34.0 Å². The van der Waals surface area contributed by atoms with Gasteiger partial charge in [-0.2, -0.15) is 42.3 Å². The van der Waals surface area contributed by atoms with Gasteiger partial charge in [-0.05, 0) is 55.3 Å². The number of aryl methyl sites for hydroxylation is 3. The molecule has 0 aliphatic carbocycles. The third-order valence-electron chi connectivity index (χ3n) is 8.08. The van der Waals surface area contributed by atoms with Crippen LogP contribution in [0, 0.1) is 20.8 Å². The predicted octanol–water partition coefficient (Wildman–Crippen LogP) is 12.6. The van der Waals surface area contributed by atoms with Crippen molar-refractivity contribution in [2.45, 2.75) is 66.3 Å². The maximum atomic E-state index is 5.71. The molecule has 0 saturated carbocycles. The fourth-order valence-corrected chi connectivity index (χ4v) is 6.15. The van der Waals surface area contributed by atoms with Crippen LogP contribution >= 0.6 is 0 Å². The summed E-state index contributed by atoms with van der Waals surface area (Å²) in [6, 6.07) is 32.1. The molecule has 0 radical (unpaired) electrons. The number of nitrogens with zero attached hydrogens (tertiary/aromatic N) is 6. The smallest absolute Gasteiger partial charge is 0.671 e. The molecule has 0 aliphatic rings. The Balaban J connectivity index is 0.00000118. The molecule has 0 spiro atoms. The van der Waals surface area contributed by atoms with Crippen LogP contribution in [0.1, 0.15) is 84.8 Å². The van der Waals surface area contributed by atoms with E-state index in [1.807, 2.05) is 0 Å². The standard InChI is InChI=1S/C38H42N3.3C2H6N.Hf/c1-24(2)31-20-15-21-32(25(3)4)35(31)39-36(33-27(6)22-26(5)23-28(33)7)38-40-34(29-16-11-9-12-17-29)37(41(38)8)30-18-13-10-14-19-30;3*1-3-2;/h9-25,36H,1-8H3;3*1-2H3;/q4*-1;+4. The van der Waals surface area contributed by atoms with Gasteiger partial charge in [-0.3, -0.25) is 0 Å². The van der Waals surface area contributed by atoms with Gasteiger partial charge in [-0.1, -0.05) is 135 Å². The quantitative estimate of drug-likeness (QED) is 0.143. The number of aromatic nitrogens is 2. The Morgan fingerprint density at radius 3 is 1.41 bits per heavy atom. The first kappa shape index (κ1) is 45.7. The molecule has 0 bridgehead atoms. The first-order valence-electron chi connectivity index (χ1n) is 17.4. The van der Waals surface area contributed by atoms with Gasteiger partial charge in [0.1, 0.15) is 0 Å². The molecule has 4 aromatic carbocycles. The summed E-state index contributed by atoms with van der Waals surface area (Å²) >= 11 is 0. The zero-order valence-electron chi connectivity index (χ0n) is 33.6. The normalized spacial score (nSPS) is 10.9. The zero-order valence-corrected chi connectivity index (χ0v) is 37.2. The second kappa shape index (κ2) is 23.3. The average molecular weight is 851 g/mol. The van der Waals surface area contributed by atoms with E-state index in [0.29, 0.717) is 11.8 Å². The fraction of sp³-hybridized carbons (Fsp3) is 0.386. The second-order valence-electron chi connectivity index (χ2n) is 13.2. The van der Waals surface area contributed by atoms with Crippen molar-refractivity contribution in [1.82, 2.24) is 9.55 Å². The van der Waals surface area contributed by atoms with Crippen LogP contribution in [0.15, 0.2) is 91.0 Å². The summed E-state index contributed by atoms with van der Waals surface area (Å²) < 4.78 is 2.28. The van der Waals surface area contributed by atoms with Crippen LogP contribution in [0.2, 0.25) is 0 Å². The molecule has 0 N–H and O–H groups in total. The topological polar surface area (TPSA) is 74.2 Å². The number of benzene rings is 4. The monoisotopic (exact) mass is 852 g/mol. The molecule has 5 rings (SSSR count). The fourth-order valence-electron chi connectivity index (χ4n) is 6.15. The molecule has 0 aliphatic heterocycles. The molecular weight excluding hydrogens is 791 g/mol. The second-order valence-corrected chi connectivity index (χ2v) is 13.2. The van der Waals surface area contributed by atoms with Gasteiger partial charge in [0.2, 0.25) is 0 Å². The van der Waals surface area contributed by atoms with Gasteiger partial charge in [0.25, 0.3) is 0 Å². The van der Waals surface area contributed by atoms with E-state index in [9.17, 15) is 0 Å². The Kier molecular flexibility index (Phi) is 20.8. The SMILES string of the molecule is C[N-]C.C[N-]C.C[N-]C.Cc1cc(C)c(C([N-]c2c(C(C)C)cccc2C(C)C)c2nc(-c3ccccc3)c(-c3ccccc3)n2C)c(C)c1.[Hf+4]. The summed E-state index contributed by atoms with van der Waals surface area (Å²) in [5.41, 5.74) is 13.0. The maximum Gasteiger partial charge on any atom is 4.00 e. The van der Waals surface area contributed by atoms with Gasteiger partial charge in [-0.25, -0.2) is 4.98 Å². The van der Waals surface area contributed by atoms with E-state index < -0.39 is 0 Å². The van der Waals surface area contributed by atoms with Crippen molar-refractivity contribution in [1.29, 1.82) is 0 Å². The minimum Gasteiger partial charge on any atom is -0.671 e. The van der Waals surface area contributed by atoms with Crippen LogP contribution in [-0.2, 0) is 32.9 Å². The molecule has 1 aromatic heterocycles. The summed E-state index contributed by atoms with van der Waals surface area (Å²) in [5, 5.41) is 16.2. The molecule has 6 nitrogen and oxygen atoms in total. The van der Waals surface area contributed by atoms with Crippen LogP contribution in [-0.4, -0.2) is 51.8 Å². The van der Waals surface area contributed by atoms with Crippen molar-refractivity contribution >= 4 is 5.69 Å². The van der Waals surface area contributed by atoms with E-state index >= 15 is 0 Å². The zero-order chi connectivity index (χ0) is 37.4. The Hall–Kier alpha value is -3.36. The van der Waals surface area contributed by atoms with Crippen molar-refractivity contribution in [2.75, 3.05) is 42.3 Å². The third kappa shape index (κ3) is 12.4. The summed E-state index contributed by atoms with van der Waals surface area (Å²) in [6.45, 7) is 15.6. The number of rotatable bonds is 8. The minimum atomic E-state index is -0.266. The molecule has 0 fully saturated rings. The summed E-state index contributed by atoms with van der Waals surface area (Å²) in [7, 11) is 12.6. The molecule has 51 heavy (non-hydrogen) atoms. The number of hydrogen-bond donors (Lipinski definition) is 0. The summed E-state index contributed by atoms with van der Waals surface area (Å²) in [6.07, 6.45) is 0. The number of hydrogen-bond acceptors (Lipinski definition) is 1. The van der Waals surface area contributed by atoms with Crippen LogP contribution in [0.25, 0.3) is 43.8 Å². The summed E-state index contributed by atoms with van der Waals surface area (Å²) in [5.74, 6) is 1.66. The molecule has 270 valence electrons. The number of imidazole rings is 1. The van der Waals surface area contributed by atoms with Gasteiger partial charge in [0, 0.05) is 18.2 Å². The van der Waals surface area contributed by atoms with Gasteiger partial charge < -0.3 is 25.8 Å². The van der Waals surface area contributed by atoms with Crippen molar-refractivity contribution in [3.8, 4) is 22.5 Å². The Bertz CT molecular complexity index is 1660. The first-order chi connectivity index (χ1) is 23.9. The minimum absolute atomic E-state index is 0. The van der Waals surface area contributed by atoms with E-state index in [-0.39, 0.29) is 31.9 Å². The Morgan fingerprint density at radius 2 is 1.00 bits per heavy atom. The van der Waals surface area contributed by atoms with Crippen molar-refractivity contribution in [3.63, 3.8) is 0 Å². The van der Waals surface area contributed by atoms with Gasteiger partial charge in [0.15, 0.2) is 0 Å². The first-order valence-corrected chi connectivity index (χ1v) is 17.4. The van der Waals surface area contributed by atoms with Gasteiger partial charge in [-0.15, -0.1) is 5.69 Å². The molecule has 5 aromatic rings. The predicted molar refractivity (Wildman–Crippen MR) is 220 cm³/mol. The van der Waals surface area contributed by atoms with Crippen molar-refractivity contribution < 1.29 is 25.8 Å². The molecule has 0 saturated heterocycles. The van der Waals surface area contributed by atoms with Gasteiger partial charge in [0.05, 0.1) is 17.2 Å². The van der Waals surface area contributed by atoms with E-state index in [1.54, 1.807) is 42.3 Å². The van der Waals surface area contributed by atoms with Crippen LogP contribution in [0.4, 0.5) is 5.69 Å². The maximum absolute atomic E-state index is 5.71. The van der Waals surface area contributed by atoms with Crippen LogP contribution in [0.5, 0.6) is 0 Å². The Morgan fingerprint density at radius 1 is 0.588 bits per heavy atom. The molecular formula is C44H60HfN6. The van der Waals surface area contributed by atoms with Crippen LogP contribution in [0.3, 0.4) is 0 Å². The van der Waals surface area contributed by atoms with Crippen molar-refractivity contribution in [3.05, 3.63) is 151 Å². The molecule has 7 heteroatoms.